The Morgan fingerprint density at radius 1 is 1.40 bits per heavy atom. The van der Waals surface area contributed by atoms with Crippen LogP contribution in [0.15, 0.2) is 0 Å². The lowest BCUT2D eigenvalue weighted by atomic mass is 10.0. The van der Waals surface area contributed by atoms with Crippen molar-refractivity contribution in [1.29, 1.82) is 0 Å². The van der Waals surface area contributed by atoms with E-state index >= 15 is 0 Å². The van der Waals surface area contributed by atoms with Crippen LogP contribution in [-0.2, 0) is 9.53 Å². The van der Waals surface area contributed by atoms with E-state index in [1.54, 1.807) is 0 Å². The maximum absolute atomic E-state index is 11.0. The lowest BCUT2D eigenvalue weighted by Crippen LogP contribution is -2.47. The van der Waals surface area contributed by atoms with Gasteiger partial charge in [-0.3, -0.25) is 4.79 Å². The molecule has 0 aliphatic carbocycles. The molecule has 0 spiro atoms. The number of esters is 1. The van der Waals surface area contributed by atoms with Crippen molar-refractivity contribution < 1.29 is 9.53 Å². The molecule has 1 N–H and O–H groups in total. The molecule has 15 heavy (non-hydrogen) atoms. The van der Waals surface area contributed by atoms with Gasteiger partial charge in [-0.2, -0.15) is 0 Å². The van der Waals surface area contributed by atoms with Gasteiger partial charge in [0.15, 0.2) is 0 Å². The first-order valence-corrected chi connectivity index (χ1v) is 5.44. The van der Waals surface area contributed by atoms with E-state index in [9.17, 15) is 4.79 Å². The number of hydrogen-bond acceptors (Lipinski definition) is 4. The number of nitrogens with zero attached hydrogens (tertiary/aromatic N) is 1. The Labute approximate surface area is 93.0 Å². The van der Waals surface area contributed by atoms with E-state index in [-0.39, 0.29) is 11.5 Å². The highest BCUT2D eigenvalue weighted by atomic mass is 16.5. The van der Waals surface area contributed by atoms with Crippen molar-refractivity contribution in [3.63, 3.8) is 0 Å². The molecule has 0 atom stereocenters. The van der Waals surface area contributed by atoms with E-state index in [1.165, 1.54) is 0 Å². The van der Waals surface area contributed by atoms with Crippen LogP contribution in [0.2, 0.25) is 0 Å². The van der Waals surface area contributed by atoms with Crippen LogP contribution in [0.5, 0.6) is 0 Å². The average Bonchev–Trinajstić information content (AvgIpc) is 2.13. The van der Waals surface area contributed by atoms with E-state index in [2.05, 4.69) is 24.1 Å². The maximum Gasteiger partial charge on any atom is 0.307 e. The standard InChI is InChI=1S/C11H24N2O2/c1-6-15-10(14)7-8-12-9-11(2,3)13(4)5/h12H,6-9H2,1-5H3. The van der Waals surface area contributed by atoms with E-state index in [1.807, 2.05) is 21.0 Å². The number of nitrogens with one attached hydrogen (secondary N) is 1. The Kier molecular flexibility index (Phi) is 6.52. The average molecular weight is 216 g/mol. The first-order chi connectivity index (χ1) is 6.90. The molecule has 0 aliphatic heterocycles. The normalized spacial score (nSPS) is 11.9. The van der Waals surface area contributed by atoms with Gasteiger partial charge in [-0.05, 0) is 34.9 Å². The zero-order valence-corrected chi connectivity index (χ0v) is 10.6. The molecule has 90 valence electrons. The second kappa shape index (κ2) is 6.80. The van der Waals surface area contributed by atoms with Crippen LogP contribution in [0.1, 0.15) is 27.2 Å². The summed E-state index contributed by atoms with van der Waals surface area (Å²) in [5, 5.41) is 3.25. The molecule has 0 amide bonds. The maximum atomic E-state index is 11.0. The van der Waals surface area contributed by atoms with Gasteiger partial charge in [0.2, 0.25) is 0 Å². The van der Waals surface area contributed by atoms with Crippen LogP contribution in [0, 0.1) is 0 Å². The minimum atomic E-state index is -0.132. The lowest BCUT2D eigenvalue weighted by Gasteiger charge is -2.32. The first-order valence-electron chi connectivity index (χ1n) is 5.44. The highest BCUT2D eigenvalue weighted by Crippen LogP contribution is 2.07. The zero-order valence-electron chi connectivity index (χ0n) is 10.6. The van der Waals surface area contributed by atoms with Crippen molar-refractivity contribution in [2.24, 2.45) is 0 Å². The van der Waals surface area contributed by atoms with Crippen LogP contribution >= 0.6 is 0 Å². The Morgan fingerprint density at radius 2 is 2.00 bits per heavy atom. The van der Waals surface area contributed by atoms with Crippen molar-refractivity contribution in [1.82, 2.24) is 10.2 Å². The molecule has 0 aromatic rings. The van der Waals surface area contributed by atoms with Gasteiger partial charge in [-0.15, -0.1) is 0 Å². The Bertz CT molecular complexity index is 191. The fourth-order valence-electron chi connectivity index (χ4n) is 0.976. The van der Waals surface area contributed by atoms with E-state index in [0.29, 0.717) is 19.6 Å². The van der Waals surface area contributed by atoms with Crippen molar-refractivity contribution in [3.05, 3.63) is 0 Å². The second-order valence-electron chi connectivity index (χ2n) is 4.44. The summed E-state index contributed by atoms with van der Waals surface area (Å²) in [5.74, 6) is -0.132. The summed E-state index contributed by atoms with van der Waals surface area (Å²) in [5.41, 5.74) is 0.106. The molecule has 0 fully saturated rings. The predicted molar refractivity (Wildman–Crippen MR) is 61.9 cm³/mol. The third-order valence-corrected chi connectivity index (χ3v) is 2.58. The predicted octanol–water partition coefficient (Wildman–Crippen LogP) is 0.869. The molecule has 4 nitrogen and oxygen atoms in total. The minimum absolute atomic E-state index is 0.106. The molecular weight excluding hydrogens is 192 g/mol. The Balaban J connectivity index is 3.58. The van der Waals surface area contributed by atoms with Gasteiger partial charge in [-0.1, -0.05) is 0 Å². The number of carbonyl (C=O) groups excluding carboxylic acids is 1. The zero-order chi connectivity index (χ0) is 11.9. The summed E-state index contributed by atoms with van der Waals surface area (Å²) in [7, 11) is 4.10. The molecule has 0 saturated heterocycles. The molecule has 0 aromatic carbocycles. The monoisotopic (exact) mass is 216 g/mol. The molecule has 0 radical (unpaired) electrons. The Morgan fingerprint density at radius 3 is 2.47 bits per heavy atom. The van der Waals surface area contributed by atoms with Crippen LogP contribution in [0.4, 0.5) is 0 Å². The molecule has 0 bridgehead atoms. The van der Waals surface area contributed by atoms with Gasteiger partial charge in [0.25, 0.3) is 0 Å². The van der Waals surface area contributed by atoms with Crippen molar-refractivity contribution >= 4 is 5.97 Å². The molecule has 4 heteroatoms. The molecule has 0 aromatic heterocycles. The summed E-state index contributed by atoms with van der Waals surface area (Å²) < 4.78 is 4.83. The number of rotatable bonds is 7. The molecule has 0 rings (SSSR count). The quantitative estimate of drug-likeness (QED) is 0.506. The summed E-state index contributed by atoms with van der Waals surface area (Å²) >= 11 is 0. The number of ether oxygens (including phenoxy) is 1. The van der Waals surface area contributed by atoms with E-state index < -0.39 is 0 Å². The topological polar surface area (TPSA) is 41.6 Å². The van der Waals surface area contributed by atoms with Gasteiger partial charge >= 0.3 is 5.97 Å². The Hall–Kier alpha value is -0.610. The van der Waals surface area contributed by atoms with E-state index in [4.69, 9.17) is 4.74 Å². The molecule has 0 saturated carbocycles. The van der Waals surface area contributed by atoms with Crippen LogP contribution in [-0.4, -0.2) is 50.2 Å². The third-order valence-electron chi connectivity index (χ3n) is 2.58. The van der Waals surface area contributed by atoms with Crippen molar-refractivity contribution in [2.45, 2.75) is 32.7 Å². The second-order valence-corrected chi connectivity index (χ2v) is 4.44. The molecular formula is C11H24N2O2. The molecule has 0 unspecified atom stereocenters. The van der Waals surface area contributed by atoms with Crippen LogP contribution in [0.3, 0.4) is 0 Å². The number of hydrogen-bond donors (Lipinski definition) is 1. The summed E-state index contributed by atoms with van der Waals surface area (Å²) in [4.78, 5) is 13.2. The largest absolute Gasteiger partial charge is 0.466 e. The van der Waals surface area contributed by atoms with Crippen molar-refractivity contribution in [3.8, 4) is 0 Å². The van der Waals surface area contributed by atoms with Crippen LogP contribution in [0.25, 0.3) is 0 Å². The lowest BCUT2D eigenvalue weighted by molar-refractivity contribution is -0.143. The summed E-state index contributed by atoms with van der Waals surface area (Å²) in [6, 6.07) is 0. The van der Waals surface area contributed by atoms with Gasteiger partial charge in [0.05, 0.1) is 13.0 Å². The smallest absolute Gasteiger partial charge is 0.307 e. The molecule has 0 aliphatic rings. The third kappa shape index (κ3) is 6.47. The van der Waals surface area contributed by atoms with Gasteiger partial charge in [-0.25, -0.2) is 0 Å². The number of carbonyl (C=O) groups is 1. The van der Waals surface area contributed by atoms with Crippen LogP contribution < -0.4 is 5.32 Å². The fraction of sp³-hybridized carbons (Fsp3) is 0.909. The SMILES string of the molecule is CCOC(=O)CCNCC(C)(C)N(C)C. The highest BCUT2D eigenvalue weighted by Gasteiger charge is 2.19. The fourth-order valence-corrected chi connectivity index (χ4v) is 0.976. The highest BCUT2D eigenvalue weighted by molar-refractivity contribution is 5.69. The molecule has 0 heterocycles. The van der Waals surface area contributed by atoms with Gasteiger partial charge in [0.1, 0.15) is 0 Å². The summed E-state index contributed by atoms with van der Waals surface area (Å²) in [6.07, 6.45) is 0.442. The van der Waals surface area contributed by atoms with Gasteiger partial charge in [0, 0.05) is 18.6 Å². The summed E-state index contributed by atoms with van der Waals surface area (Å²) in [6.45, 7) is 8.13. The first kappa shape index (κ1) is 14.4. The number of likely N-dealkylation sites (N-methyl/N-ethyl adjacent to an activating group) is 1. The van der Waals surface area contributed by atoms with Gasteiger partial charge < -0.3 is 15.0 Å². The minimum Gasteiger partial charge on any atom is -0.466 e. The van der Waals surface area contributed by atoms with E-state index in [0.717, 1.165) is 6.54 Å². The van der Waals surface area contributed by atoms with Crippen molar-refractivity contribution in [2.75, 3.05) is 33.8 Å².